The van der Waals surface area contributed by atoms with E-state index < -0.39 is 0 Å². The minimum Gasteiger partial charge on any atom is -0.488 e. The lowest BCUT2D eigenvalue weighted by molar-refractivity contribution is 0.362. The van der Waals surface area contributed by atoms with Gasteiger partial charge in [-0.1, -0.05) is 66.7 Å². The van der Waals surface area contributed by atoms with Crippen molar-refractivity contribution in [3.05, 3.63) is 82.8 Å². The van der Waals surface area contributed by atoms with Gasteiger partial charge in [0.25, 0.3) is 0 Å². The Bertz CT molecular complexity index is 763. The number of hydrogen-bond donors (Lipinski definition) is 0. The van der Waals surface area contributed by atoms with E-state index in [1.165, 1.54) is 16.3 Å². The summed E-state index contributed by atoms with van der Waals surface area (Å²) in [4.78, 5) is 0. The third-order valence-corrected chi connectivity index (χ3v) is 4.09. The van der Waals surface area contributed by atoms with E-state index in [4.69, 9.17) is 4.74 Å². The fraction of sp³-hybridized carbons (Fsp3) is 0.0526. The van der Waals surface area contributed by atoms with E-state index in [9.17, 15) is 0 Å². The van der Waals surface area contributed by atoms with E-state index in [1.54, 1.807) is 0 Å². The molecule has 0 atom stereocenters. The molecule has 0 N–H and O–H groups in total. The molecule has 0 aromatic heterocycles. The predicted molar refractivity (Wildman–Crippen MR) is 92.6 cm³/mol. The Balaban J connectivity index is 1.71. The molecule has 0 aliphatic carbocycles. The first-order chi connectivity index (χ1) is 10.3. The maximum Gasteiger partial charge on any atom is 0.134 e. The highest BCUT2D eigenvalue weighted by Crippen LogP contribution is 2.32. The molecular formula is C19H15BrO. The summed E-state index contributed by atoms with van der Waals surface area (Å²) in [6.45, 7) is 0.547. The molecule has 0 unspecified atom stereocenters. The van der Waals surface area contributed by atoms with Gasteiger partial charge >= 0.3 is 0 Å². The average molecular weight is 339 g/mol. The van der Waals surface area contributed by atoms with Crippen LogP contribution >= 0.6 is 15.9 Å². The molecule has 1 nitrogen and oxygen atoms in total. The maximum absolute atomic E-state index is 5.83. The van der Waals surface area contributed by atoms with Crippen molar-refractivity contribution in [3.63, 3.8) is 0 Å². The minimum absolute atomic E-state index is 0.547. The molecule has 3 aromatic rings. The van der Waals surface area contributed by atoms with Crippen LogP contribution < -0.4 is 4.74 Å². The summed E-state index contributed by atoms with van der Waals surface area (Å²) in [5, 5.41) is 2.37. The van der Waals surface area contributed by atoms with Crippen LogP contribution in [0.3, 0.4) is 0 Å². The van der Waals surface area contributed by atoms with Gasteiger partial charge in [-0.3, -0.25) is 0 Å². The second-order valence-electron chi connectivity index (χ2n) is 4.72. The molecule has 0 saturated carbocycles. The molecule has 2 heteroatoms. The standard InChI is InChI=1S/C19H15BrO/c20-19-17-11-5-4-10-16(17)12-13-18(19)21-14-6-9-15-7-2-1-3-8-15/h1-13H,14H2/b9-6+. The molecule has 0 amide bonds. The fourth-order valence-corrected chi connectivity index (χ4v) is 2.82. The molecule has 0 heterocycles. The maximum atomic E-state index is 5.83. The summed E-state index contributed by atoms with van der Waals surface area (Å²) < 4.78 is 6.84. The quantitative estimate of drug-likeness (QED) is 0.593. The molecule has 0 aliphatic rings. The Morgan fingerprint density at radius 1 is 0.857 bits per heavy atom. The fourth-order valence-electron chi connectivity index (χ4n) is 2.21. The summed E-state index contributed by atoms with van der Waals surface area (Å²) in [6.07, 6.45) is 4.09. The normalized spacial score (nSPS) is 11.1. The monoisotopic (exact) mass is 338 g/mol. The number of benzene rings is 3. The van der Waals surface area contributed by atoms with Crippen molar-refractivity contribution in [2.45, 2.75) is 0 Å². The largest absolute Gasteiger partial charge is 0.488 e. The Morgan fingerprint density at radius 3 is 2.48 bits per heavy atom. The van der Waals surface area contributed by atoms with Crippen LogP contribution in [0.15, 0.2) is 77.3 Å². The molecule has 0 radical (unpaired) electrons. The van der Waals surface area contributed by atoms with Crippen LogP contribution in [0.25, 0.3) is 16.8 Å². The van der Waals surface area contributed by atoms with E-state index in [0.717, 1.165) is 10.2 Å². The van der Waals surface area contributed by atoms with Crippen LogP contribution in [0.2, 0.25) is 0 Å². The highest BCUT2D eigenvalue weighted by Gasteiger charge is 2.04. The predicted octanol–water partition coefficient (Wildman–Crippen LogP) is 5.69. The van der Waals surface area contributed by atoms with Gasteiger partial charge in [0.05, 0.1) is 4.47 Å². The van der Waals surface area contributed by atoms with Crippen LogP contribution in [-0.2, 0) is 0 Å². The van der Waals surface area contributed by atoms with Crippen molar-refractivity contribution in [1.82, 2.24) is 0 Å². The van der Waals surface area contributed by atoms with Crippen molar-refractivity contribution in [3.8, 4) is 5.75 Å². The van der Waals surface area contributed by atoms with Gasteiger partial charge in [0.2, 0.25) is 0 Å². The summed E-state index contributed by atoms with van der Waals surface area (Å²) in [5.74, 6) is 0.867. The average Bonchev–Trinajstić information content (AvgIpc) is 2.55. The van der Waals surface area contributed by atoms with Crippen LogP contribution in [0, 0.1) is 0 Å². The molecular weight excluding hydrogens is 324 g/mol. The molecule has 3 aromatic carbocycles. The summed E-state index contributed by atoms with van der Waals surface area (Å²) in [7, 11) is 0. The first kappa shape index (κ1) is 13.9. The number of rotatable bonds is 4. The first-order valence-electron chi connectivity index (χ1n) is 6.86. The smallest absolute Gasteiger partial charge is 0.134 e. The second kappa shape index (κ2) is 6.59. The molecule has 3 rings (SSSR count). The minimum atomic E-state index is 0.547. The van der Waals surface area contributed by atoms with Crippen LogP contribution in [0.4, 0.5) is 0 Å². The lowest BCUT2D eigenvalue weighted by Crippen LogP contribution is -1.94. The zero-order valence-electron chi connectivity index (χ0n) is 11.5. The highest BCUT2D eigenvalue weighted by atomic mass is 79.9. The van der Waals surface area contributed by atoms with E-state index >= 15 is 0 Å². The van der Waals surface area contributed by atoms with Crippen LogP contribution in [0.1, 0.15) is 5.56 Å². The van der Waals surface area contributed by atoms with Crippen molar-refractivity contribution in [2.24, 2.45) is 0 Å². The molecule has 0 saturated heterocycles. The molecule has 0 spiro atoms. The van der Waals surface area contributed by atoms with Crippen LogP contribution in [0.5, 0.6) is 5.75 Å². The molecule has 0 bridgehead atoms. The zero-order chi connectivity index (χ0) is 14.5. The van der Waals surface area contributed by atoms with Gasteiger partial charge in [0.1, 0.15) is 12.4 Å². The number of ether oxygens (including phenoxy) is 1. The van der Waals surface area contributed by atoms with E-state index in [1.807, 2.05) is 42.5 Å². The van der Waals surface area contributed by atoms with Gasteiger partial charge in [-0.2, -0.15) is 0 Å². The highest BCUT2D eigenvalue weighted by molar-refractivity contribution is 9.10. The van der Waals surface area contributed by atoms with Crippen molar-refractivity contribution >= 4 is 32.8 Å². The summed E-state index contributed by atoms with van der Waals surface area (Å²) >= 11 is 3.63. The van der Waals surface area contributed by atoms with E-state index in [-0.39, 0.29) is 0 Å². The Kier molecular flexibility index (Phi) is 4.37. The summed E-state index contributed by atoms with van der Waals surface area (Å²) in [5.41, 5.74) is 1.18. The second-order valence-corrected chi connectivity index (χ2v) is 5.52. The Hall–Kier alpha value is -2.06. The van der Waals surface area contributed by atoms with E-state index in [0.29, 0.717) is 6.61 Å². The van der Waals surface area contributed by atoms with Gasteiger partial charge in [-0.05, 0) is 44.4 Å². The third kappa shape index (κ3) is 3.34. The van der Waals surface area contributed by atoms with Gasteiger partial charge in [0, 0.05) is 0 Å². The molecule has 21 heavy (non-hydrogen) atoms. The Labute approximate surface area is 133 Å². The van der Waals surface area contributed by atoms with E-state index in [2.05, 4.69) is 52.3 Å². The number of hydrogen-bond acceptors (Lipinski definition) is 1. The number of fused-ring (bicyclic) bond motifs is 1. The SMILES string of the molecule is Brc1c(OC/C=C/c2ccccc2)ccc2ccccc12. The molecule has 0 fully saturated rings. The van der Waals surface area contributed by atoms with Gasteiger partial charge in [0.15, 0.2) is 0 Å². The first-order valence-corrected chi connectivity index (χ1v) is 7.65. The van der Waals surface area contributed by atoms with Crippen molar-refractivity contribution < 1.29 is 4.74 Å². The van der Waals surface area contributed by atoms with Crippen molar-refractivity contribution in [1.29, 1.82) is 0 Å². The number of halogens is 1. The van der Waals surface area contributed by atoms with Gasteiger partial charge in [-0.15, -0.1) is 0 Å². The lowest BCUT2D eigenvalue weighted by Gasteiger charge is -2.08. The third-order valence-electron chi connectivity index (χ3n) is 3.27. The van der Waals surface area contributed by atoms with Crippen LogP contribution in [-0.4, -0.2) is 6.61 Å². The van der Waals surface area contributed by atoms with Gasteiger partial charge in [-0.25, -0.2) is 0 Å². The molecule has 0 aliphatic heterocycles. The van der Waals surface area contributed by atoms with Gasteiger partial charge < -0.3 is 4.74 Å². The summed E-state index contributed by atoms with van der Waals surface area (Å²) in [6, 6.07) is 22.6. The topological polar surface area (TPSA) is 9.23 Å². The zero-order valence-corrected chi connectivity index (χ0v) is 13.1. The Morgan fingerprint density at radius 2 is 1.62 bits per heavy atom. The molecule has 104 valence electrons. The lowest BCUT2D eigenvalue weighted by atomic mass is 10.1. The van der Waals surface area contributed by atoms with Crippen molar-refractivity contribution in [2.75, 3.05) is 6.61 Å².